The van der Waals surface area contributed by atoms with Crippen LogP contribution < -0.4 is 21.2 Å². The number of anilines is 1. The molecule has 2 amide bonds. The number of hydrogen-bond acceptors (Lipinski definition) is 7. The van der Waals surface area contributed by atoms with E-state index < -0.39 is 0 Å². The lowest BCUT2D eigenvalue weighted by Gasteiger charge is -2.31. The van der Waals surface area contributed by atoms with Gasteiger partial charge in [-0.3, -0.25) is 19.4 Å². The summed E-state index contributed by atoms with van der Waals surface area (Å²) in [6.45, 7) is 10.2. The Morgan fingerprint density at radius 1 is 1.00 bits per heavy atom. The molecule has 2 aromatic rings. The van der Waals surface area contributed by atoms with Crippen LogP contribution in [0.2, 0.25) is 0 Å². The Morgan fingerprint density at radius 2 is 1.71 bits per heavy atom. The second-order valence-electron chi connectivity index (χ2n) is 13.5. The van der Waals surface area contributed by atoms with Gasteiger partial charge in [-0.25, -0.2) is 0 Å². The Bertz CT molecular complexity index is 1410. The van der Waals surface area contributed by atoms with E-state index in [1.165, 1.54) is 0 Å². The highest BCUT2D eigenvalue weighted by molar-refractivity contribution is 6.03. The summed E-state index contributed by atoms with van der Waals surface area (Å²) in [7, 11) is 0. The first-order valence-corrected chi connectivity index (χ1v) is 16.6. The number of Topliss-reactive ketones (excluding diaryl/α,β-unsaturated/α-hetero) is 1. The first-order chi connectivity index (χ1) is 21.6. The minimum absolute atomic E-state index is 0.0862. The number of rotatable bonds is 13. The van der Waals surface area contributed by atoms with Crippen LogP contribution in [0.5, 0.6) is 0 Å². The number of amides is 2. The average molecular weight is 616 g/mol. The van der Waals surface area contributed by atoms with Crippen LogP contribution in [0.15, 0.2) is 48.5 Å². The Hall–Kier alpha value is -3.69. The smallest absolute Gasteiger partial charge is 0.227 e. The zero-order valence-corrected chi connectivity index (χ0v) is 27.3. The van der Waals surface area contributed by atoms with Gasteiger partial charge in [-0.05, 0) is 57.1 Å². The summed E-state index contributed by atoms with van der Waals surface area (Å²) in [5.41, 5.74) is 11.6. The normalized spacial score (nSPS) is 16.6. The molecule has 0 spiro atoms. The van der Waals surface area contributed by atoms with Crippen LogP contribution in [0.25, 0.3) is 11.4 Å². The maximum Gasteiger partial charge on any atom is 0.227 e. The number of ether oxygens (including phenoxy) is 1. The van der Waals surface area contributed by atoms with E-state index in [-0.39, 0.29) is 48.5 Å². The standard InChI is InChI=1S/C36H49N5O4/c1-25(2)19-22-45-36(3,4)20-21-37-32(43)17-18-33(44)40-23-27-13-7-8-14-28(27)34-35(29-15-9-10-16-30(29)40)41(39-38-34)24-31(42)26-11-5-6-12-26/h7-10,13-16,25-26,38-39H,5-6,11-12,17-24H2,1-4H3,(H,37,43). The zero-order valence-electron chi connectivity index (χ0n) is 27.3. The largest absolute Gasteiger partial charge is 0.375 e. The van der Waals surface area contributed by atoms with Gasteiger partial charge in [0.25, 0.3) is 0 Å². The second kappa shape index (κ2) is 14.6. The highest BCUT2D eigenvalue weighted by atomic mass is 16.5. The van der Waals surface area contributed by atoms with E-state index in [1.807, 2.05) is 67.4 Å². The molecule has 0 unspecified atom stereocenters. The van der Waals surface area contributed by atoms with Gasteiger partial charge in [0.15, 0.2) is 5.78 Å². The summed E-state index contributed by atoms with van der Waals surface area (Å²) in [6.07, 6.45) is 5.99. The van der Waals surface area contributed by atoms with Crippen LogP contribution in [0, 0.1) is 11.8 Å². The molecule has 0 atom stereocenters. The zero-order chi connectivity index (χ0) is 32.0. The van der Waals surface area contributed by atoms with Gasteiger partial charge in [-0.15, -0.1) is 5.53 Å². The molecule has 3 aliphatic rings. The summed E-state index contributed by atoms with van der Waals surface area (Å²) in [5, 5.41) is 4.87. The van der Waals surface area contributed by atoms with Crippen molar-refractivity contribution in [3.63, 3.8) is 0 Å². The molecule has 0 saturated heterocycles. The number of fused-ring (bicyclic) bond motifs is 4. The van der Waals surface area contributed by atoms with E-state index in [9.17, 15) is 14.4 Å². The van der Waals surface area contributed by atoms with Crippen molar-refractivity contribution in [2.45, 2.75) is 91.2 Å². The topological polar surface area (TPSA) is 103 Å². The minimum Gasteiger partial charge on any atom is -0.375 e. The lowest BCUT2D eigenvalue weighted by molar-refractivity contribution is -0.125. The second-order valence-corrected chi connectivity index (χ2v) is 13.5. The summed E-state index contributed by atoms with van der Waals surface area (Å²) >= 11 is 0. The highest BCUT2D eigenvalue weighted by Crippen LogP contribution is 2.40. The van der Waals surface area contributed by atoms with E-state index in [2.05, 4.69) is 30.1 Å². The molecule has 3 N–H and O–H groups in total. The van der Waals surface area contributed by atoms with Crippen molar-refractivity contribution >= 4 is 34.7 Å². The van der Waals surface area contributed by atoms with Crippen molar-refractivity contribution in [3.05, 3.63) is 65.2 Å². The highest BCUT2D eigenvalue weighted by Gasteiger charge is 2.35. The fourth-order valence-corrected chi connectivity index (χ4v) is 6.38. The van der Waals surface area contributed by atoms with Crippen molar-refractivity contribution in [1.82, 2.24) is 21.3 Å². The predicted octanol–water partition coefficient (Wildman–Crippen LogP) is 5.57. The Morgan fingerprint density at radius 3 is 2.47 bits per heavy atom. The van der Waals surface area contributed by atoms with E-state index in [4.69, 9.17) is 4.74 Å². The van der Waals surface area contributed by atoms with Crippen molar-refractivity contribution in [2.24, 2.45) is 11.8 Å². The van der Waals surface area contributed by atoms with Gasteiger partial charge >= 0.3 is 0 Å². The number of para-hydroxylation sites is 1. The van der Waals surface area contributed by atoms with Gasteiger partial charge in [0, 0.05) is 43.0 Å². The molecule has 2 aliphatic heterocycles. The van der Waals surface area contributed by atoms with Crippen LogP contribution in [0.1, 0.15) is 95.8 Å². The van der Waals surface area contributed by atoms with Gasteiger partial charge in [0.1, 0.15) is 0 Å². The summed E-state index contributed by atoms with van der Waals surface area (Å²) < 4.78 is 6.02. The fourth-order valence-electron chi connectivity index (χ4n) is 6.38. The number of carbonyl (C=O) groups excluding carboxylic acids is 3. The molecule has 5 rings (SSSR count). The third-order valence-electron chi connectivity index (χ3n) is 9.12. The van der Waals surface area contributed by atoms with Gasteiger partial charge in [-0.2, -0.15) is 0 Å². The van der Waals surface area contributed by atoms with Gasteiger partial charge in [0.05, 0.1) is 35.8 Å². The van der Waals surface area contributed by atoms with Crippen molar-refractivity contribution in [1.29, 1.82) is 0 Å². The van der Waals surface area contributed by atoms with E-state index in [1.54, 1.807) is 4.90 Å². The Balaban J connectivity index is 1.30. The summed E-state index contributed by atoms with van der Waals surface area (Å²) in [5.74, 6) is 0.643. The molecular weight excluding hydrogens is 566 g/mol. The van der Waals surface area contributed by atoms with E-state index >= 15 is 0 Å². The minimum atomic E-state index is -0.327. The summed E-state index contributed by atoms with van der Waals surface area (Å²) in [4.78, 5) is 41.7. The number of benzene rings is 2. The molecule has 45 heavy (non-hydrogen) atoms. The third kappa shape index (κ3) is 8.13. The van der Waals surface area contributed by atoms with Crippen LogP contribution in [0.4, 0.5) is 5.69 Å². The van der Waals surface area contributed by atoms with Gasteiger partial charge < -0.3 is 20.4 Å². The molecule has 1 saturated carbocycles. The van der Waals surface area contributed by atoms with Crippen LogP contribution in [-0.2, 0) is 25.7 Å². The molecule has 1 fully saturated rings. The molecule has 9 nitrogen and oxygen atoms in total. The van der Waals surface area contributed by atoms with E-state index in [0.29, 0.717) is 32.0 Å². The molecule has 2 heterocycles. The molecule has 2 aromatic carbocycles. The lowest BCUT2D eigenvalue weighted by Crippen LogP contribution is -2.42. The number of carbonyl (C=O) groups is 3. The number of nitrogens with one attached hydrogen (secondary N) is 3. The third-order valence-corrected chi connectivity index (χ3v) is 9.12. The first-order valence-electron chi connectivity index (χ1n) is 16.6. The molecule has 9 heteroatoms. The Kier molecular flexibility index (Phi) is 10.6. The average Bonchev–Trinajstić information content (AvgIpc) is 3.68. The number of hydrazine groups is 2. The van der Waals surface area contributed by atoms with Crippen molar-refractivity contribution < 1.29 is 19.1 Å². The van der Waals surface area contributed by atoms with Crippen LogP contribution in [0.3, 0.4) is 0 Å². The number of nitrogens with zero attached hydrogens (tertiary/aromatic N) is 2. The van der Waals surface area contributed by atoms with Gasteiger partial charge in [-0.1, -0.05) is 69.2 Å². The summed E-state index contributed by atoms with van der Waals surface area (Å²) in [6, 6.07) is 15.9. The molecule has 0 radical (unpaired) electrons. The van der Waals surface area contributed by atoms with E-state index in [0.717, 1.165) is 65.9 Å². The fraction of sp³-hybridized carbons (Fsp3) is 0.528. The maximum atomic E-state index is 13.9. The van der Waals surface area contributed by atoms with Crippen LogP contribution in [-0.4, -0.2) is 47.9 Å². The molecule has 242 valence electrons. The lowest BCUT2D eigenvalue weighted by atomic mass is 9.95. The molecule has 0 aromatic heterocycles. The molecule has 1 aliphatic carbocycles. The maximum absolute atomic E-state index is 13.9. The monoisotopic (exact) mass is 615 g/mol. The predicted molar refractivity (Wildman–Crippen MR) is 177 cm³/mol. The quantitative estimate of drug-likeness (QED) is 0.271. The SMILES string of the molecule is CC(C)CCOC(C)(C)CCNC(=O)CCC(=O)N1Cc2ccccc2C2=C(c3ccccc31)N(CC(=O)C1CCCC1)NN2. The molecule has 0 bridgehead atoms. The Labute approximate surface area is 267 Å². The molecular formula is C36H49N5O4. The van der Waals surface area contributed by atoms with Crippen molar-refractivity contribution in [3.8, 4) is 0 Å². The van der Waals surface area contributed by atoms with Crippen molar-refractivity contribution in [2.75, 3.05) is 24.6 Å². The number of hydrogen-bond donors (Lipinski definition) is 3. The number of ketones is 1. The van der Waals surface area contributed by atoms with Gasteiger partial charge in [0.2, 0.25) is 11.8 Å². The first kappa shape index (κ1) is 32.7. The van der Waals surface area contributed by atoms with Crippen LogP contribution >= 0.6 is 0 Å².